The zero-order valence-corrected chi connectivity index (χ0v) is 21.7. The molecule has 1 rings (SSSR count). The van der Waals surface area contributed by atoms with E-state index >= 15 is 0 Å². The SMILES string of the molecule is CC(=CCC(=O)OC1=C(O)[C@@H]([C@@H](O)CO)OC1=O)CCCC(C)CCCC(C)CCCC(C)C. The van der Waals surface area contributed by atoms with Crippen molar-refractivity contribution in [2.24, 2.45) is 17.8 Å². The third-order valence-corrected chi connectivity index (χ3v) is 6.43. The molecule has 2 unspecified atom stereocenters. The Labute approximate surface area is 205 Å². The molecule has 1 heterocycles. The van der Waals surface area contributed by atoms with Gasteiger partial charge >= 0.3 is 11.9 Å². The average molecular weight is 483 g/mol. The highest BCUT2D eigenvalue weighted by molar-refractivity contribution is 5.92. The summed E-state index contributed by atoms with van der Waals surface area (Å²) < 4.78 is 9.67. The van der Waals surface area contributed by atoms with Gasteiger partial charge in [0.05, 0.1) is 13.0 Å². The summed E-state index contributed by atoms with van der Waals surface area (Å²) in [6.07, 6.45) is 9.77. The molecule has 34 heavy (non-hydrogen) atoms. The first-order valence-corrected chi connectivity index (χ1v) is 12.8. The van der Waals surface area contributed by atoms with Crippen LogP contribution in [0, 0.1) is 17.8 Å². The molecule has 0 fully saturated rings. The van der Waals surface area contributed by atoms with Gasteiger partial charge in [0.25, 0.3) is 5.76 Å². The van der Waals surface area contributed by atoms with E-state index in [1.165, 1.54) is 38.5 Å². The van der Waals surface area contributed by atoms with E-state index in [4.69, 9.17) is 14.6 Å². The minimum Gasteiger partial charge on any atom is -0.505 e. The Morgan fingerprint density at radius 2 is 1.59 bits per heavy atom. The highest BCUT2D eigenvalue weighted by atomic mass is 16.6. The van der Waals surface area contributed by atoms with Gasteiger partial charge in [-0.05, 0) is 37.5 Å². The molecule has 4 atom stereocenters. The maximum Gasteiger partial charge on any atom is 0.378 e. The fraction of sp³-hybridized carbons (Fsp3) is 0.778. The second-order valence-corrected chi connectivity index (χ2v) is 10.4. The second-order valence-electron chi connectivity index (χ2n) is 10.4. The Kier molecular flexibility index (Phi) is 14.1. The van der Waals surface area contributed by atoms with Crippen LogP contribution in [0.5, 0.6) is 0 Å². The van der Waals surface area contributed by atoms with E-state index in [0.29, 0.717) is 5.92 Å². The molecule has 196 valence electrons. The van der Waals surface area contributed by atoms with Crippen molar-refractivity contribution in [3.63, 3.8) is 0 Å². The Morgan fingerprint density at radius 1 is 1.03 bits per heavy atom. The van der Waals surface area contributed by atoms with Gasteiger partial charge in [0.2, 0.25) is 0 Å². The predicted molar refractivity (Wildman–Crippen MR) is 132 cm³/mol. The van der Waals surface area contributed by atoms with Gasteiger partial charge in [0.15, 0.2) is 11.9 Å². The van der Waals surface area contributed by atoms with Gasteiger partial charge in [-0.25, -0.2) is 4.79 Å². The van der Waals surface area contributed by atoms with E-state index < -0.39 is 42.3 Å². The molecule has 0 aromatic rings. The van der Waals surface area contributed by atoms with Crippen LogP contribution in [0.3, 0.4) is 0 Å². The first-order valence-electron chi connectivity index (χ1n) is 12.8. The lowest BCUT2D eigenvalue weighted by atomic mass is 9.91. The zero-order valence-electron chi connectivity index (χ0n) is 21.7. The van der Waals surface area contributed by atoms with E-state index in [0.717, 1.165) is 36.7 Å². The summed E-state index contributed by atoms with van der Waals surface area (Å²) in [6, 6.07) is 0. The van der Waals surface area contributed by atoms with Crippen molar-refractivity contribution in [2.75, 3.05) is 6.61 Å². The molecule has 7 nitrogen and oxygen atoms in total. The van der Waals surface area contributed by atoms with Crippen molar-refractivity contribution in [1.29, 1.82) is 0 Å². The van der Waals surface area contributed by atoms with Crippen LogP contribution >= 0.6 is 0 Å². The van der Waals surface area contributed by atoms with Crippen LogP contribution in [0.15, 0.2) is 23.2 Å². The topological polar surface area (TPSA) is 113 Å². The summed E-state index contributed by atoms with van der Waals surface area (Å²) in [5.41, 5.74) is 1.07. The molecule has 7 heteroatoms. The zero-order chi connectivity index (χ0) is 25.7. The largest absolute Gasteiger partial charge is 0.505 e. The number of carbonyl (C=O) groups excluding carboxylic acids is 2. The van der Waals surface area contributed by atoms with Crippen molar-refractivity contribution in [1.82, 2.24) is 0 Å². The lowest BCUT2D eigenvalue weighted by Crippen LogP contribution is -2.31. The van der Waals surface area contributed by atoms with E-state index in [1.54, 1.807) is 6.08 Å². The van der Waals surface area contributed by atoms with Gasteiger partial charge in [0, 0.05) is 0 Å². The number of esters is 2. The summed E-state index contributed by atoms with van der Waals surface area (Å²) in [4.78, 5) is 23.8. The molecular formula is C27H46O7. The molecule has 0 radical (unpaired) electrons. The number of aliphatic hydroxyl groups excluding tert-OH is 3. The normalized spacial score (nSPS) is 19.4. The quantitative estimate of drug-likeness (QED) is 0.189. The molecule has 0 aromatic heterocycles. The van der Waals surface area contributed by atoms with Gasteiger partial charge in [0.1, 0.15) is 6.10 Å². The Hall–Kier alpha value is -1.86. The third kappa shape index (κ3) is 11.5. The van der Waals surface area contributed by atoms with Crippen LogP contribution in [0.4, 0.5) is 0 Å². The van der Waals surface area contributed by atoms with E-state index in [-0.39, 0.29) is 6.42 Å². The minimum absolute atomic E-state index is 0.0344. The Balaban J connectivity index is 2.26. The van der Waals surface area contributed by atoms with Crippen LogP contribution in [-0.2, 0) is 19.1 Å². The van der Waals surface area contributed by atoms with Crippen LogP contribution in [0.2, 0.25) is 0 Å². The van der Waals surface area contributed by atoms with Crippen LogP contribution < -0.4 is 0 Å². The number of rotatable bonds is 17. The summed E-state index contributed by atoms with van der Waals surface area (Å²) >= 11 is 0. The number of ether oxygens (including phenoxy) is 2. The lowest BCUT2D eigenvalue weighted by Gasteiger charge is -2.15. The smallest absolute Gasteiger partial charge is 0.378 e. The average Bonchev–Trinajstić information content (AvgIpc) is 3.05. The van der Waals surface area contributed by atoms with E-state index in [1.807, 2.05) is 6.92 Å². The Morgan fingerprint density at radius 3 is 2.15 bits per heavy atom. The van der Waals surface area contributed by atoms with Crippen molar-refractivity contribution >= 4 is 11.9 Å². The van der Waals surface area contributed by atoms with E-state index in [2.05, 4.69) is 27.7 Å². The molecule has 0 spiro atoms. The number of cyclic esters (lactones) is 1. The molecule has 1 aliphatic rings. The molecule has 0 amide bonds. The molecular weight excluding hydrogens is 436 g/mol. The van der Waals surface area contributed by atoms with Crippen LogP contribution in [0.25, 0.3) is 0 Å². The predicted octanol–water partition coefficient (Wildman–Crippen LogP) is 5.35. The van der Waals surface area contributed by atoms with Gasteiger partial charge < -0.3 is 24.8 Å². The summed E-state index contributed by atoms with van der Waals surface area (Å²) in [5.74, 6) is -0.754. The maximum atomic E-state index is 12.1. The third-order valence-electron chi connectivity index (χ3n) is 6.43. The first-order chi connectivity index (χ1) is 16.0. The van der Waals surface area contributed by atoms with Crippen LogP contribution in [0.1, 0.15) is 98.8 Å². The van der Waals surface area contributed by atoms with Gasteiger partial charge in [-0.3, -0.25) is 4.79 Å². The minimum atomic E-state index is -1.48. The molecule has 0 saturated heterocycles. The van der Waals surface area contributed by atoms with Crippen molar-refractivity contribution in [2.45, 2.75) is 111 Å². The first kappa shape index (κ1) is 30.2. The fourth-order valence-electron chi connectivity index (χ4n) is 4.13. The van der Waals surface area contributed by atoms with Crippen LogP contribution in [-0.4, -0.2) is 46.1 Å². The van der Waals surface area contributed by atoms with Crippen molar-refractivity contribution in [3.05, 3.63) is 23.2 Å². The highest BCUT2D eigenvalue weighted by Crippen LogP contribution is 2.25. The summed E-state index contributed by atoms with van der Waals surface area (Å²) in [7, 11) is 0. The van der Waals surface area contributed by atoms with Gasteiger partial charge in [-0.2, -0.15) is 0 Å². The number of hydrogen-bond acceptors (Lipinski definition) is 7. The fourth-order valence-corrected chi connectivity index (χ4v) is 4.13. The molecule has 3 N–H and O–H groups in total. The molecule has 0 aliphatic carbocycles. The number of carbonyl (C=O) groups is 2. The molecule has 0 bridgehead atoms. The van der Waals surface area contributed by atoms with Crippen molar-refractivity contribution < 1.29 is 34.4 Å². The standard InChI is InChI=1S/C27H46O7/c1-18(2)9-6-10-19(3)11-7-12-20(4)13-8-14-21(5)15-16-23(30)33-26-24(31)25(22(29)17-28)34-27(26)32/h15,18-20,22,25,28-29,31H,6-14,16-17H2,1-5H3/t19?,20?,22-,25+/m0/s1. The number of hydrogen-bond donors (Lipinski definition) is 3. The second kappa shape index (κ2) is 15.9. The van der Waals surface area contributed by atoms with Gasteiger partial charge in [-0.1, -0.05) is 84.3 Å². The monoisotopic (exact) mass is 482 g/mol. The molecule has 0 aromatic carbocycles. The molecule has 1 aliphatic heterocycles. The summed E-state index contributed by atoms with van der Waals surface area (Å²) in [5, 5.41) is 28.4. The Bertz CT molecular complexity index is 695. The maximum absolute atomic E-state index is 12.1. The van der Waals surface area contributed by atoms with Gasteiger partial charge in [-0.15, -0.1) is 0 Å². The van der Waals surface area contributed by atoms with E-state index in [9.17, 15) is 19.8 Å². The lowest BCUT2D eigenvalue weighted by molar-refractivity contribution is -0.153. The molecule has 0 saturated carbocycles. The summed E-state index contributed by atoms with van der Waals surface area (Å²) in [6.45, 7) is 10.5. The van der Waals surface area contributed by atoms with Crippen molar-refractivity contribution in [3.8, 4) is 0 Å². The number of allylic oxidation sites excluding steroid dienone is 1. The number of aliphatic hydroxyl groups is 3. The highest BCUT2D eigenvalue weighted by Gasteiger charge is 2.41.